The number of hydrogen-bond acceptors (Lipinski definition) is 3. The van der Waals surface area contributed by atoms with Crippen LogP contribution in [0.15, 0.2) is 30.7 Å². The average molecular weight is 372 g/mol. The van der Waals surface area contributed by atoms with Crippen molar-refractivity contribution in [2.75, 3.05) is 26.2 Å². The number of amides is 2. The minimum Gasteiger partial charge on any atom is -0.348 e. The maximum atomic E-state index is 13.7. The van der Waals surface area contributed by atoms with Crippen LogP contribution in [0, 0.1) is 11.7 Å². The number of rotatable bonds is 5. The van der Waals surface area contributed by atoms with Gasteiger partial charge in [-0.05, 0) is 30.2 Å². The van der Waals surface area contributed by atoms with Gasteiger partial charge in [0.2, 0.25) is 5.91 Å². The highest BCUT2D eigenvalue weighted by Gasteiger charge is 2.27. The van der Waals surface area contributed by atoms with Gasteiger partial charge in [0.05, 0.1) is 6.33 Å². The van der Waals surface area contributed by atoms with Gasteiger partial charge in [0.1, 0.15) is 5.82 Å². The lowest BCUT2D eigenvalue weighted by molar-refractivity contribution is -0.136. The van der Waals surface area contributed by atoms with Gasteiger partial charge < -0.3 is 14.8 Å². The van der Waals surface area contributed by atoms with E-state index in [1.54, 1.807) is 23.5 Å². The molecule has 0 spiro atoms. The van der Waals surface area contributed by atoms with E-state index in [4.69, 9.17) is 0 Å². The van der Waals surface area contributed by atoms with Crippen LogP contribution in [0.25, 0.3) is 0 Å². The lowest BCUT2D eigenvalue weighted by atomic mass is 10.0. The Labute approximate surface area is 158 Å². The van der Waals surface area contributed by atoms with Gasteiger partial charge in [0.15, 0.2) is 0 Å². The van der Waals surface area contributed by atoms with Crippen LogP contribution >= 0.6 is 0 Å². The van der Waals surface area contributed by atoms with Crippen molar-refractivity contribution in [3.05, 3.63) is 53.4 Å². The monoisotopic (exact) mass is 372 g/mol. The molecule has 7 heteroatoms. The molecule has 1 aliphatic rings. The molecule has 1 saturated heterocycles. The lowest BCUT2D eigenvalue weighted by Crippen LogP contribution is -2.51. The Bertz CT molecular complexity index is 798. The smallest absolute Gasteiger partial charge is 0.253 e. The zero-order valence-electron chi connectivity index (χ0n) is 15.7. The number of carbonyl (C=O) groups excluding carboxylic acids is 2. The van der Waals surface area contributed by atoms with Crippen molar-refractivity contribution in [1.29, 1.82) is 0 Å². The largest absolute Gasteiger partial charge is 0.348 e. The third kappa shape index (κ3) is 4.35. The first-order valence-electron chi connectivity index (χ1n) is 9.33. The molecule has 0 aliphatic carbocycles. The quantitative estimate of drug-likeness (QED) is 0.875. The highest BCUT2D eigenvalue weighted by Crippen LogP contribution is 2.16. The first-order valence-corrected chi connectivity index (χ1v) is 9.33. The van der Waals surface area contributed by atoms with Crippen molar-refractivity contribution >= 4 is 11.8 Å². The highest BCUT2D eigenvalue weighted by molar-refractivity contribution is 5.94. The Kier molecular flexibility index (Phi) is 5.88. The molecule has 1 fully saturated rings. The Hall–Kier alpha value is -2.70. The van der Waals surface area contributed by atoms with Gasteiger partial charge in [-0.2, -0.15) is 0 Å². The van der Waals surface area contributed by atoms with Crippen molar-refractivity contribution in [2.45, 2.75) is 26.7 Å². The number of aromatic nitrogens is 2. The van der Waals surface area contributed by atoms with Crippen molar-refractivity contribution in [1.82, 2.24) is 19.8 Å². The number of aryl methyl sites for hydroxylation is 1. The molecular weight excluding hydrogens is 347 g/mol. The van der Waals surface area contributed by atoms with Crippen LogP contribution < -0.4 is 0 Å². The zero-order chi connectivity index (χ0) is 19.4. The fourth-order valence-corrected chi connectivity index (χ4v) is 3.42. The van der Waals surface area contributed by atoms with E-state index in [1.165, 1.54) is 12.1 Å². The Morgan fingerprint density at radius 3 is 2.56 bits per heavy atom. The molecule has 1 aliphatic heterocycles. The SMILES string of the molecule is CCc1cc(C(=O)N2CCN(C(=O)C(C)Cc3cnc[nH]3)CC2)ccc1F. The topological polar surface area (TPSA) is 69.3 Å². The molecule has 2 aromatic rings. The number of piperazine rings is 1. The summed E-state index contributed by atoms with van der Waals surface area (Å²) in [6, 6.07) is 4.51. The molecule has 27 heavy (non-hydrogen) atoms. The first kappa shape index (κ1) is 19.1. The minimum absolute atomic E-state index is 0.0896. The maximum Gasteiger partial charge on any atom is 0.253 e. The van der Waals surface area contributed by atoms with E-state index in [-0.39, 0.29) is 23.5 Å². The van der Waals surface area contributed by atoms with E-state index in [0.29, 0.717) is 50.1 Å². The summed E-state index contributed by atoms with van der Waals surface area (Å²) in [5, 5.41) is 0. The van der Waals surface area contributed by atoms with E-state index < -0.39 is 0 Å². The second-order valence-corrected chi connectivity index (χ2v) is 6.96. The summed E-state index contributed by atoms with van der Waals surface area (Å²) in [6.45, 7) is 5.77. The van der Waals surface area contributed by atoms with Crippen LogP contribution in [0.2, 0.25) is 0 Å². The van der Waals surface area contributed by atoms with E-state index in [9.17, 15) is 14.0 Å². The van der Waals surface area contributed by atoms with Crippen LogP contribution in [-0.2, 0) is 17.6 Å². The molecule has 1 atom stereocenters. The average Bonchev–Trinajstić information content (AvgIpc) is 3.20. The van der Waals surface area contributed by atoms with Crippen LogP contribution in [0.4, 0.5) is 4.39 Å². The molecule has 2 heterocycles. The normalized spacial score (nSPS) is 15.7. The summed E-state index contributed by atoms with van der Waals surface area (Å²) in [5.41, 5.74) is 1.98. The van der Waals surface area contributed by atoms with E-state index >= 15 is 0 Å². The number of nitrogens with zero attached hydrogens (tertiary/aromatic N) is 3. The van der Waals surface area contributed by atoms with Gasteiger partial charge in [-0.25, -0.2) is 9.37 Å². The number of carbonyl (C=O) groups is 2. The second-order valence-electron chi connectivity index (χ2n) is 6.96. The van der Waals surface area contributed by atoms with E-state index in [2.05, 4.69) is 9.97 Å². The molecule has 144 valence electrons. The second kappa shape index (κ2) is 8.33. The van der Waals surface area contributed by atoms with Crippen molar-refractivity contribution < 1.29 is 14.0 Å². The van der Waals surface area contributed by atoms with Crippen molar-refractivity contribution in [3.8, 4) is 0 Å². The number of H-pyrrole nitrogens is 1. The molecule has 0 bridgehead atoms. The van der Waals surface area contributed by atoms with Crippen molar-refractivity contribution in [2.24, 2.45) is 5.92 Å². The maximum absolute atomic E-state index is 13.7. The third-order valence-electron chi connectivity index (χ3n) is 5.05. The van der Waals surface area contributed by atoms with Gasteiger partial charge in [-0.3, -0.25) is 9.59 Å². The van der Waals surface area contributed by atoms with E-state index in [1.807, 2.05) is 18.7 Å². The molecule has 0 radical (unpaired) electrons. The van der Waals surface area contributed by atoms with Gasteiger partial charge in [-0.15, -0.1) is 0 Å². The predicted octanol–water partition coefficient (Wildman–Crippen LogP) is 2.27. The summed E-state index contributed by atoms with van der Waals surface area (Å²) in [6.07, 6.45) is 4.50. The van der Waals surface area contributed by atoms with Gasteiger partial charge in [0, 0.05) is 56.0 Å². The number of aromatic amines is 1. The predicted molar refractivity (Wildman–Crippen MR) is 99.7 cm³/mol. The fraction of sp³-hybridized carbons (Fsp3) is 0.450. The minimum atomic E-state index is -0.282. The number of nitrogens with one attached hydrogen (secondary N) is 1. The molecule has 0 saturated carbocycles. The van der Waals surface area contributed by atoms with E-state index in [0.717, 1.165) is 5.69 Å². The number of hydrogen-bond donors (Lipinski definition) is 1. The standard InChI is InChI=1S/C20H25FN4O2/c1-3-15-11-16(4-5-18(15)21)20(27)25-8-6-24(7-9-25)19(26)14(2)10-17-12-22-13-23-17/h4-5,11-14H,3,6-10H2,1-2H3,(H,22,23). The van der Waals surface area contributed by atoms with Crippen LogP contribution in [0.1, 0.15) is 35.5 Å². The summed E-state index contributed by atoms with van der Waals surface area (Å²) >= 11 is 0. The molecular formula is C20H25FN4O2. The molecule has 1 aromatic heterocycles. The summed E-state index contributed by atoms with van der Waals surface area (Å²) in [7, 11) is 0. The zero-order valence-corrected chi connectivity index (χ0v) is 15.7. The third-order valence-corrected chi connectivity index (χ3v) is 5.05. The van der Waals surface area contributed by atoms with Crippen LogP contribution in [-0.4, -0.2) is 57.8 Å². The summed E-state index contributed by atoms with van der Waals surface area (Å²) < 4.78 is 13.7. The molecule has 3 rings (SSSR count). The molecule has 6 nitrogen and oxygen atoms in total. The number of imidazole rings is 1. The van der Waals surface area contributed by atoms with Gasteiger partial charge in [-0.1, -0.05) is 13.8 Å². The number of benzene rings is 1. The van der Waals surface area contributed by atoms with Crippen LogP contribution in [0.3, 0.4) is 0 Å². The molecule has 1 N–H and O–H groups in total. The van der Waals surface area contributed by atoms with Gasteiger partial charge >= 0.3 is 0 Å². The molecule has 2 amide bonds. The number of halogens is 1. The lowest BCUT2D eigenvalue weighted by Gasteiger charge is -2.36. The highest BCUT2D eigenvalue weighted by atomic mass is 19.1. The molecule has 1 unspecified atom stereocenters. The Morgan fingerprint density at radius 1 is 1.22 bits per heavy atom. The van der Waals surface area contributed by atoms with Crippen molar-refractivity contribution in [3.63, 3.8) is 0 Å². The Morgan fingerprint density at radius 2 is 1.93 bits per heavy atom. The fourth-order valence-electron chi connectivity index (χ4n) is 3.42. The summed E-state index contributed by atoms with van der Waals surface area (Å²) in [5.74, 6) is -0.443. The van der Waals surface area contributed by atoms with Gasteiger partial charge in [0.25, 0.3) is 5.91 Å². The summed E-state index contributed by atoms with van der Waals surface area (Å²) in [4.78, 5) is 35.9. The Balaban J connectivity index is 1.56. The van der Waals surface area contributed by atoms with Crippen LogP contribution in [0.5, 0.6) is 0 Å². The molecule has 1 aromatic carbocycles. The first-order chi connectivity index (χ1) is 13.0.